The Balaban J connectivity index is 0.000000307. The standard InChI is InChI=1S/C19H14ClN5.C5H10O2/c1-11(12-3-2-4-14(20)7-12)22-18-9-21-17-8-13(5-6-16(17)23-18)15-10-25-19(15)24-25;1-5(2,3)7-4-6/h2-11H,1H3,(H,22,23);4H,1-3H3/t11-,25?;/m1./s1. The van der Waals surface area contributed by atoms with Crippen LogP contribution < -0.4 is 5.32 Å². The summed E-state index contributed by atoms with van der Waals surface area (Å²) >= 11 is 6.07. The summed E-state index contributed by atoms with van der Waals surface area (Å²) in [6.45, 7) is 8.00. The van der Waals surface area contributed by atoms with E-state index in [2.05, 4.69) is 44.2 Å². The number of halogens is 1. The number of nitrogens with zero attached hydrogens (tertiary/aromatic N) is 4. The largest absolute Gasteiger partial charge is 0.462 e. The Morgan fingerprint density at radius 1 is 1.16 bits per heavy atom. The molecule has 0 unspecified atom stereocenters. The Morgan fingerprint density at radius 3 is 2.56 bits per heavy atom. The summed E-state index contributed by atoms with van der Waals surface area (Å²) in [6.07, 6.45) is 3.79. The average Bonchev–Trinajstić information content (AvgIpc) is 3.36. The van der Waals surface area contributed by atoms with Gasteiger partial charge >= 0.3 is 0 Å². The number of fused-ring (bicyclic) bond motifs is 2. The molecule has 2 aliphatic rings. The smallest absolute Gasteiger partial charge is 0.293 e. The van der Waals surface area contributed by atoms with Gasteiger partial charge in [-0.05, 0) is 63.1 Å². The van der Waals surface area contributed by atoms with Crippen LogP contribution in [-0.2, 0) is 9.53 Å². The predicted octanol–water partition coefficient (Wildman–Crippen LogP) is 5.58. The van der Waals surface area contributed by atoms with Gasteiger partial charge in [0.2, 0.25) is 0 Å². The number of benzene rings is 2. The van der Waals surface area contributed by atoms with Gasteiger partial charge in [-0.15, -0.1) is 5.10 Å². The Labute approximate surface area is 191 Å². The summed E-state index contributed by atoms with van der Waals surface area (Å²) < 4.78 is 6.42. The van der Waals surface area contributed by atoms with Crippen LogP contribution in [0, 0.1) is 0 Å². The van der Waals surface area contributed by atoms with Gasteiger partial charge in [-0.3, -0.25) is 9.78 Å². The molecule has 0 fully saturated rings. The lowest BCUT2D eigenvalue weighted by molar-refractivity contribution is -0.138. The van der Waals surface area contributed by atoms with Gasteiger partial charge in [-0.25, -0.2) is 9.67 Å². The predicted molar refractivity (Wildman–Crippen MR) is 126 cm³/mol. The van der Waals surface area contributed by atoms with Crippen molar-refractivity contribution in [3.05, 3.63) is 65.4 Å². The molecule has 5 rings (SSSR count). The van der Waals surface area contributed by atoms with Crippen molar-refractivity contribution in [1.29, 1.82) is 0 Å². The highest BCUT2D eigenvalue weighted by Crippen LogP contribution is 2.35. The first-order valence-corrected chi connectivity index (χ1v) is 10.6. The topological polar surface area (TPSA) is 81.9 Å². The van der Waals surface area contributed by atoms with Crippen LogP contribution in [0.2, 0.25) is 5.02 Å². The summed E-state index contributed by atoms with van der Waals surface area (Å²) in [5.74, 6) is 1.80. The van der Waals surface area contributed by atoms with Gasteiger partial charge in [0.15, 0.2) is 5.82 Å². The monoisotopic (exact) mass is 449 g/mol. The molecule has 2 aromatic carbocycles. The second-order valence-electron chi connectivity index (χ2n) is 8.52. The molecule has 164 valence electrons. The Morgan fingerprint density at radius 2 is 1.97 bits per heavy atom. The van der Waals surface area contributed by atoms with Crippen LogP contribution in [0.4, 0.5) is 5.82 Å². The van der Waals surface area contributed by atoms with Gasteiger partial charge in [-0.1, -0.05) is 29.8 Å². The van der Waals surface area contributed by atoms with Crippen LogP contribution in [0.3, 0.4) is 0 Å². The van der Waals surface area contributed by atoms with E-state index in [1.807, 2.05) is 62.0 Å². The molecule has 0 radical (unpaired) electrons. The summed E-state index contributed by atoms with van der Waals surface area (Å²) in [5, 5.41) is 8.30. The van der Waals surface area contributed by atoms with Crippen LogP contribution in [0.1, 0.15) is 39.3 Å². The maximum absolute atomic E-state index is 9.60. The van der Waals surface area contributed by atoms with Gasteiger partial charge < -0.3 is 10.1 Å². The molecule has 1 aromatic heterocycles. The van der Waals surface area contributed by atoms with Crippen molar-refractivity contribution in [3.63, 3.8) is 0 Å². The number of ether oxygens (including phenoxy) is 1. The fourth-order valence-electron chi connectivity index (χ4n) is 3.14. The second-order valence-corrected chi connectivity index (χ2v) is 8.95. The minimum Gasteiger partial charge on any atom is -0.462 e. The van der Waals surface area contributed by atoms with Crippen molar-refractivity contribution in [2.45, 2.75) is 39.3 Å². The molecule has 0 saturated heterocycles. The number of carbonyl (C=O) groups excluding carboxylic acids is 1. The maximum Gasteiger partial charge on any atom is 0.293 e. The van der Waals surface area contributed by atoms with Gasteiger partial charge in [0.05, 0.1) is 23.3 Å². The molecule has 1 atom stereocenters. The zero-order valence-corrected chi connectivity index (χ0v) is 19.1. The van der Waals surface area contributed by atoms with E-state index in [1.165, 1.54) is 5.56 Å². The van der Waals surface area contributed by atoms with Crippen molar-refractivity contribution < 1.29 is 9.53 Å². The molecule has 0 saturated carbocycles. The fourth-order valence-corrected chi connectivity index (χ4v) is 3.34. The minimum absolute atomic E-state index is 0.0868. The lowest BCUT2D eigenvalue weighted by Gasteiger charge is -2.15. The molecule has 7 nitrogen and oxygen atoms in total. The van der Waals surface area contributed by atoms with Crippen LogP contribution in [-0.4, -0.2) is 31.8 Å². The highest BCUT2D eigenvalue weighted by Gasteiger charge is 2.25. The number of hydrogen-bond donors (Lipinski definition) is 1. The molecule has 32 heavy (non-hydrogen) atoms. The van der Waals surface area contributed by atoms with Crippen LogP contribution in [0.5, 0.6) is 0 Å². The van der Waals surface area contributed by atoms with Crippen LogP contribution >= 0.6 is 11.6 Å². The van der Waals surface area contributed by atoms with E-state index in [4.69, 9.17) is 11.6 Å². The Bertz CT molecular complexity index is 1280. The summed E-state index contributed by atoms with van der Waals surface area (Å²) in [4.78, 5) is 18.8. The molecule has 0 amide bonds. The Hall–Kier alpha value is -3.45. The second kappa shape index (κ2) is 8.59. The number of rotatable bonds is 5. The molecule has 0 bridgehead atoms. The van der Waals surface area contributed by atoms with E-state index in [0.717, 1.165) is 38.8 Å². The van der Waals surface area contributed by atoms with Crippen molar-refractivity contribution in [3.8, 4) is 16.9 Å². The molecule has 3 aromatic rings. The van der Waals surface area contributed by atoms with Gasteiger partial charge in [0.1, 0.15) is 11.4 Å². The summed E-state index contributed by atoms with van der Waals surface area (Å²) in [7, 11) is 0. The SMILES string of the molecule is CC(C)(C)OC=O.C[C@@H](Nc1cnc2cc(-c3cn4nc3-4)ccc2n1)c1cccc(Cl)c1. The quantitative estimate of drug-likeness (QED) is 0.353. The molecule has 3 heterocycles. The molecule has 0 aliphatic carbocycles. The van der Waals surface area contributed by atoms with Crippen molar-refractivity contribution in [2.24, 2.45) is 0 Å². The van der Waals surface area contributed by atoms with E-state index in [0.29, 0.717) is 6.47 Å². The van der Waals surface area contributed by atoms with Crippen LogP contribution in [0.25, 0.3) is 28.0 Å². The van der Waals surface area contributed by atoms with Crippen molar-refractivity contribution in [1.82, 2.24) is 19.7 Å². The average molecular weight is 450 g/mol. The summed E-state index contributed by atoms with van der Waals surface area (Å²) in [5.41, 5.74) is 4.82. The zero-order chi connectivity index (χ0) is 22.9. The van der Waals surface area contributed by atoms with Gasteiger partial charge in [-0.2, -0.15) is 0 Å². The Kier molecular flexibility index (Phi) is 5.84. The normalized spacial score (nSPS) is 12.5. The van der Waals surface area contributed by atoms with Gasteiger partial charge in [0, 0.05) is 16.8 Å². The molecule has 0 spiro atoms. The molecule has 8 heteroatoms. The fraction of sp³-hybridized carbons (Fsp3) is 0.250. The van der Waals surface area contributed by atoms with Crippen LogP contribution in [0.15, 0.2) is 54.9 Å². The van der Waals surface area contributed by atoms with E-state index in [1.54, 1.807) is 6.20 Å². The highest BCUT2D eigenvalue weighted by molar-refractivity contribution is 6.30. The number of anilines is 1. The number of hydrogen-bond acceptors (Lipinski definition) is 6. The molecular formula is C24H24ClN5O2. The lowest BCUT2D eigenvalue weighted by atomic mass is 10.1. The third kappa shape index (κ3) is 5.06. The van der Waals surface area contributed by atoms with E-state index >= 15 is 0 Å². The highest BCUT2D eigenvalue weighted by atomic mass is 35.5. The lowest BCUT2D eigenvalue weighted by Crippen LogP contribution is -2.17. The van der Waals surface area contributed by atoms with E-state index < -0.39 is 0 Å². The van der Waals surface area contributed by atoms with E-state index in [-0.39, 0.29) is 11.6 Å². The number of carbonyl (C=O) groups is 1. The molecule has 2 aliphatic heterocycles. The van der Waals surface area contributed by atoms with Gasteiger partial charge in [0.25, 0.3) is 6.47 Å². The van der Waals surface area contributed by atoms with Crippen molar-refractivity contribution in [2.75, 3.05) is 5.32 Å². The van der Waals surface area contributed by atoms with E-state index in [9.17, 15) is 4.79 Å². The summed E-state index contributed by atoms with van der Waals surface area (Å²) in [6, 6.07) is 14.0. The zero-order valence-electron chi connectivity index (χ0n) is 18.3. The number of nitrogens with one attached hydrogen (secondary N) is 1. The maximum atomic E-state index is 9.60. The molecular weight excluding hydrogens is 426 g/mol. The first-order valence-electron chi connectivity index (χ1n) is 10.2. The first kappa shape index (κ1) is 21.8. The number of aromatic nitrogens is 4. The molecule has 1 N–H and O–H groups in total. The first-order chi connectivity index (χ1) is 15.2. The van der Waals surface area contributed by atoms with Crippen molar-refractivity contribution >= 4 is 34.9 Å². The third-order valence-electron chi connectivity index (χ3n) is 4.84. The minimum atomic E-state index is -0.318. The third-order valence-corrected chi connectivity index (χ3v) is 5.08.